The van der Waals surface area contributed by atoms with Crippen LogP contribution in [0.2, 0.25) is 0 Å². The standard InChI is InChI=1S/C14H21N3O5S/c1-11-3-4-13(17(18)19)9-14(11)23(20,21)15-10-12(2)16-5-7-22-8-6-16/h3-4,9,12,15H,5-8,10H2,1-2H3. The number of rotatable bonds is 6. The summed E-state index contributed by atoms with van der Waals surface area (Å²) in [5.74, 6) is 0. The van der Waals surface area contributed by atoms with Gasteiger partial charge in [-0.05, 0) is 19.4 Å². The molecule has 23 heavy (non-hydrogen) atoms. The molecule has 1 aliphatic heterocycles. The molecule has 1 fully saturated rings. The zero-order valence-electron chi connectivity index (χ0n) is 13.2. The first-order chi connectivity index (χ1) is 10.8. The molecule has 1 aromatic rings. The van der Waals surface area contributed by atoms with Gasteiger partial charge < -0.3 is 4.74 Å². The van der Waals surface area contributed by atoms with Crippen molar-refractivity contribution in [3.05, 3.63) is 33.9 Å². The van der Waals surface area contributed by atoms with Gasteiger partial charge in [0.15, 0.2) is 0 Å². The summed E-state index contributed by atoms with van der Waals surface area (Å²) >= 11 is 0. The maximum Gasteiger partial charge on any atom is 0.270 e. The van der Waals surface area contributed by atoms with Crippen molar-refractivity contribution in [2.75, 3.05) is 32.8 Å². The van der Waals surface area contributed by atoms with Crippen LogP contribution < -0.4 is 4.72 Å². The first-order valence-corrected chi connectivity index (χ1v) is 8.86. The van der Waals surface area contributed by atoms with E-state index in [9.17, 15) is 18.5 Å². The highest BCUT2D eigenvalue weighted by molar-refractivity contribution is 7.89. The lowest BCUT2D eigenvalue weighted by Gasteiger charge is -2.32. The molecule has 2 rings (SSSR count). The fourth-order valence-electron chi connectivity index (χ4n) is 2.45. The summed E-state index contributed by atoms with van der Waals surface area (Å²) < 4.78 is 32.7. The summed E-state index contributed by atoms with van der Waals surface area (Å²) in [5.41, 5.74) is 0.235. The third-order valence-corrected chi connectivity index (χ3v) is 5.48. The summed E-state index contributed by atoms with van der Waals surface area (Å²) in [6.45, 7) is 6.60. The predicted molar refractivity (Wildman–Crippen MR) is 84.9 cm³/mol. The van der Waals surface area contributed by atoms with Gasteiger partial charge in [0.2, 0.25) is 10.0 Å². The molecule has 0 amide bonds. The fraction of sp³-hybridized carbons (Fsp3) is 0.571. The smallest absolute Gasteiger partial charge is 0.270 e. The van der Waals surface area contributed by atoms with Gasteiger partial charge in [0.05, 0.1) is 23.0 Å². The second-order valence-electron chi connectivity index (χ2n) is 5.56. The first kappa shape index (κ1) is 17.8. The van der Waals surface area contributed by atoms with Gasteiger partial charge in [0.1, 0.15) is 0 Å². The molecule has 0 bridgehead atoms. The number of aryl methyl sites for hydroxylation is 1. The molecule has 0 aromatic heterocycles. The molecule has 1 atom stereocenters. The highest BCUT2D eigenvalue weighted by Gasteiger charge is 2.23. The molecule has 0 aliphatic carbocycles. The van der Waals surface area contributed by atoms with Crippen LogP contribution in [0.15, 0.2) is 23.1 Å². The third-order valence-electron chi connectivity index (χ3n) is 3.91. The number of nitrogens with one attached hydrogen (secondary N) is 1. The number of benzene rings is 1. The topological polar surface area (TPSA) is 102 Å². The van der Waals surface area contributed by atoms with Crippen LogP contribution in [0, 0.1) is 17.0 Å². The van der Waals surface area contributed by atoms with Crippen molar-refractivity contribution < 1.29 is 18.1 Å². The Morgan fingerprint density at radius 3 is 2.65 bits per heavy atom. The maximum atomic E-state index is 12.4. The minimum Gasteiger partial charge on any atom is -0.379 e. The van der Waals surface area contributed by atoms with E-state index in [4.69, 9.17) is 4.74 Å². The van der Waals surface area contributed by atoms with E-state index >= 15 is 0 Å². The van der Waals surface area contributed by atoms with Crippen LogP contribution in [0.4, 0.5) is 5.69 Å². The van der Waals surface area contributed by atoms with Crippen molar-refractivity contribution in [1.29, 1.82) is 0 Å². The molecule has 9 heteroatoms. The highest BCUT2D eigenvalue weighted by atomic mass is 32.2. The van der Waals surface area contributed by atoms with Crippen molar-refractivity contribution in [3.8, 4) is 0 Å². The number of sulfonamides is 1. The number of nitro groups is 1. The average molecular weight is 343 g/mol. The minimum absolute atomic E-state index is 0.0210. The Balaban J connectivity index is 2.09. The molecule has 1 N–H and O–H groups in total. The van der Waals surface area contributed by atoms with E-state index in [-0.39, 0.29) is 23.2 Å². The largest absolute Gasteiger partial charge is 0.379 e. The van der Waals surface area contributed by atoms with Crippen LogP contribution in [0.1, 0.15) is 12.5 Å². The predicted octanol–water partition coefficient (Wildman–Crippen LogP) is 0.902. The van der Waals surface area contributed by atoms with Crippen molar-refractivity contribution >= 4 is 15.7 Å². The lowest BCUT2D eigenvalue weighted by molar-refractivity contribution is -0.385. The zero-order chi connectivity index (χ0) is 17.0. The summed E-state index contributed by atoms with van der Waals surface area (Å²) in [5, 5.41) is 10.8. The van der Waals surface area contributed by atoms with Crippen molar-refractivity contribution in [3.63, 3.8) is 0 Å². The van der Waals surface area contributed by atoms with Crippen LogP contribution in [0.5, 0.6) is 0 Å². The van der Waals surface area contributed by atoms with Gasteiger partial charge in [0.25, 0.3) is 5.69 Å². The Labute approximate surface area is 135 Å². The van der Waals surface area contributed by atoms with E-state index in [1.165, 1.54) is 12.1 Å². The van der Waals surface area contributed by atoms with Crippen LogP contribution >= 0.6 is 0 Å². The molecular formula is C14H21N3O5S. The summed E-state index contributed by atoms with van der Waals surface area (Å²) in [7, 11) is -3.79. The average Bonchev–Trinajstić information content (AvgIpc) is 2.53. The highest BCUT2D eigenvalue weighted by Crippen LogP contribution is 2.21. The molecule has 8 nitrogen and oxygen atoms in total. The number of nitro benzene ring substituents is 1. The van der Waals surface area contributed by atoms with E-state index < -0.39 is 14.9 Å². The third kappa shape index (κ3) is 4.47. The van der Waals surface area contributed by atoms with Crippen molar-refractivity contribution in [2.24, 2.45) is 0 Å². The number of nitrogens with zero attached hydrogens (tertiary/aromatic N) is 2. The van der Waals surface area contributed by atoms with Crippen LogP contribution in [-0.4, -0.2) is 57.1 Å². The Morgan fingerprint density at radius 1 is 1.39 bits per heavy atom. The first-order valence-electron chi connectivity index (χ1n) is 7.38. The normalized spacial score (nSPS) is 17.8. The number of ether oxygens (including phenoxy) is 1. The molecule has 1 aromatic carbocycles. The second kappa shape index (κ2) is 7.35. The number of hydrogen-bond donors (Lipinski definition) is 1. The van der Waals surface area contributed by atoms with E-state index in [1.807, 2.05) is 6.92 Å². The Bertz CT molecular complexity index is 671. The van der Waals surface area contributed by atoms with E-state index in [1.54, 1.807) is 6.92 Å². The quantitative estimate of drug-likeness (QED) is 0.608. The summed E-state index contributed by atoms with van der Waals surface area (Å²) in [6.07, 6.45) is 0. The van der Waals surface area contributed by atoms with Gasteiger partial charge in [-0.2, -0.15) is 0 Å². The monoisotopic (exact) mass is 343 g/mol. The van der Waals surface area contributed by atoms with Gasteiger partial charge in [-0.3, -0.25) is 15.0 Å². The Kier molecular flexibility index (Phi) is 5.69. The lowest BCUT2D eigenvalue weighted by atomic mass is 10.2. The molecule has 1 heterocycles. The van der Waals surface area contributed by atoms with E-state index in [2.05, 4.69) is 9.62 Å². The number of non-ortho nitro benzene ring substituents is 1. The van der Waals surface area contributed by atoms with Crippen LogP contribution in [-0.2, 0) is 14.8 Å². The maximum absolute atomic E-state index is 12.4. The van der Waals surface area contributed by atoms with Gasteiger partial charge in [0, 0.05) is 37.8 Å². The summed E-state index contributed by atoms with van der Waals surface area (Å²) in [6, 6.07) is 3.85. The molecule has 0 saturated carbocycles. The van der Waals surface area contributed by atoms with Crippen molar-refractivity contribution in [2.45, 2.75) is 24.8 Å². The van der Waals surface area contributed by atoms with Gasteiger partial charge in [-0.25, -0.2) is 13.1 Å². The van der Waals surface area contributed by atoms with Gasteiger partial charge >= 0.3 is 0 Å². The molecule has 1 saturated heterocycles. The Morgan fingerprint density at radius 2 is 2.04 bits per heavy atom. The number of hydrogen-bond acceptors (Lipinski definition) is 6. The molecule has 1 aliphatic rings. The van der Waals surface area contributed by atoms with Crippen LogP contribution in [0.3, 0.4) is 0 Å². The van der Waals surface area contributed by atoms with Gasteiger partial charge in [-0.15, -0.1) is 0 Å². The van der Waals surface area contributed by atoms with E-state index in [0.717, 1.165) is 19.2 Å². The minimum atomic E-state index is -3.79. The molecular weight excluding hydrogens is 322 g/mol. The van der Waals surface area contributed by atoms with Crippen LogP contribution in [0.25, 0.3) is 0 Å². The second-order valence-corrected chi connectivity index (χ2v) is 7.29. The number of morpholine rings is 1. The molecule has 0 radical (unpaired) electrons. The summed E-state index contributed by atoms with van der Waals surface area (Å²) in [4.78, 5) is 12.3. The zero-order valence-corrected chi connectivity index (χ0v) is 14.0. The van der Waals surface area contributed by atoms with E-state index in [0.29, 0.717) is 18.8 Å². The lowest BCUT2D eigenvalue weighted by Crippen LogP contribution is -2.47. The molecule has 1 unspecified atom stereocenters. The molecule has 0 spiro atoms. The van der Waals surface area contributed by atoms with Crippen molar-refractivity contribution in [1.82, 2.24) is 9.62 Å². The molecule has 128 valence electrons. The fourth-order valence-corrected chi connectivity index (χ4v) is 3.83. The Hall–Kier alpha value is -1.55. The SMILES string of the molecule is Cc1ccc([N+](=O)[O-])cc1S(=O)(=O)NCC(C)N1CCOCC1. The van der Waals surface area contributed by atoms with Gasteiger partial charge in [-0.1, -0.05) is 6.07 Å².